The van der Waals surface area contributed by atoms with Gasteiger partial charge in [-0.2, -0.15) is 0 Å². The summed E-state index contributed by atoms with van der Waals surface area (Å²) in [6.45, 7) is 3.84. The zero-order chi connectivity index (χ0) is 14.4. The lowest BCUT2D eigenvalue weighted by molar-refractivity contribution is 0.267. The maximum absolute atomic E-state index is 12.8. The number of nitrogens with two attached hydrogens (primary N) is 1. The average molecular weight is 273 g/mol. The van der Waals surface area contributed by atoms with E-state index in [4.69, 9.17) is 5.73 Å². The standard InChI is InChI=1S/C15H19N3O2/c1-8-4-3-5-11-13(8)15(20)18(12-6-10(12)7-19)14(17-11)9(2)16/h3-5,9-10,12,19H,6-7,16H2,1-2H3. The summed E-state index contributed by atoms with van der Waals surface area (Å²) in [5.74, 6) is 0.752. The molecule has 1 saturated carbocycles. The van der Waals surface area contributed by atoms with E-state index < -0.39 is 0 Å². The van der Waals surface area contributed by atoms with E-state index in [0.717, 1.165) is 12.0 Å². The highest BCUT2D eigenvalue weighted by molar-refractivity contribution is 5.81. The summed E-state index contributed by atoms with van der Waals surface area (Å²) in [4.78, 5) is 17.4. The van der Waals surface area contributed by atoms with Crippen molar-refractivity contribution in [2.24, 2.45) is 11.7 Å². The van der Waals surface area contributed by atoms with Gasteiger partial charge in [-0.3, -0.25) is 9.36 Å². The van der Waals surface area contributed by atoms with Crippen LogP contribution in [-0.2, 0) is 0 Å². The predicted octanol–water partition coefficient (Wildman–Crippen LogP) is 1.28. The van der Waals surface area contributed by atoms with E-state index in [1.807, 2.05) is 32.0 Å². The summed E-state index contributed by atoms with van der Waals surface area (Å²) in [6.07, 6.45) is 0.815. The van der Waals surface area contributed by atoms with Gasteiger partial charge in [0.1, 0.15) is 5.82 Å². The maximum atomic E-state index is 12.8. The molecule has 106 valence electrons. The number of aryl methyl sites for hydroxylation is 1. The van der Waals surface area contributed by atoms with Crippen LogP contribution in [0.5, 0.6) is 0 Å². The largest absolute Gasteiger partial charge is 0.396 e. The second-order valence-electron chi connectivity index (χ2n) is 5.65. The van der Waals surface area contributed by atoms with Crippen molar-refractivity contribution in [2.75, 3.05) is 6.61 Å². The molecule has 1 aromatic heterocycles. The predicted molar refractivity (Wildman–Crippen MR) is 77.6 cm³/mol. The van der Waals surface area contributed by atoms with Gasteiger partial charge in [-0.1, -0.05) is 12.1 Å². The summed E-state index contributed by atoms with van der Waals surface area (Å²) in [5.41, 5.74) is 7.56. The summed E-state index contributed by atoms with van der Waals surface area (Å²) in [7, 11) is 0. The number of fused-ring (bicyclic) bond motifs is 1. The van der Waals surface area contributed by atoms with Gasteiger partial charge >= 0.3 is 0 Å². The summed E-state index contributed by atoms with van der Waals surface area (Å²) >= 11 is 0. The van der Waals surface area contributed by atoms with Crippen molar-refractivity contribution in [2.45, 2.75) is 32.4 Å². The topological polar surface area (TPSA) is 81.1 Å². The average Bonchev–Trinajstić information content (AvgIpc) is 3.17. The minimum Gasteiger partial charge on any atom is -0.396 e. The normalized spacial score (nSPS) is 23.0. The third-order valence-corrected chi connectivity index (χ3v) is 4.02. The molecule has 1 aliphatic carbocycles. The Morgan fingerprint density at radius 1 is 1.55 bits per heavy atom. The van der Waals surface area contributed by atoms with Crippen molar-refractivity contribution < 1.29 is 5.11 Å². The molecule has 3 unspecified atom stereocenters. The molecule has 0 amide bonds. The van der Waals surface area contributed by atoms with Crippen molar-refractivity contribution in [3.05, 3.63) is 39.9 Å². The Morgan fingerprint density at radius 3 is 2.90 bits per heavy atom. The van der Waals surface area contributed by atoms with Crippen LogP contribution in [0.1, 0.15) is 36.8 Å². The molecule has 5 heteroatoms. The van der Waals surface area contributed by atoms with Crippen LogP contribution in [0.4, 0.5) is 0 Å². The molecule has 3 atom stereocenters. The van der Waals surface area contributed by atoms with Gasteiger partial charge in [0.2, 0.25) is 0 Å². The van der Waals surface area contributed by atoms with Gasteiger partial charge in [-0.15, -0.1) is 0 Å². The van der Waals surface area contributed by atoms with Crippen molar-refractivity contribution in [1.29, 1.82) is 0 Å². The molecule has 0 radical (unpaired) electrons. The monoisotopic (exact) mass is 273 g/mol. The number of rotatable bonds is 3. The highest BCUT2D eigenvalue weighted by Crippen LogP contribution is 2.43. The Hall–Kier alpha value is -1.72. The molecule has 0 aliphatic heterocycles. The first-order chi connectivity index (χ1) is 9.54. The lowest BCUT2D eigenvalue weighted by atomic mass is 10.1. The van der Waals surface area contributed by atoms with Gasteiger partial charge in [-0.05, 0) is 31.9 Å². The molecule has 5 nitrogen and oxygen atoms in total. The van der Waals surface area contributed by atoms with Gasteiger partial charge in [0, 0.05) is 18.6 Å². The Bertz CT molecular complexity index is 721. The minimum atomic E-state index is -0.312. The second kappa shape index (κ2) is 4.68. The SMILES string of the molecule is Cc1cccc2nc(C(C)N)n(C3CC3CO)c(=O)c12. The first-order valence-corrected chi connectivity index (χ1v) is 6.92. The molecule has 0 spiro atoms. The number of nitrogens with zero attached hydrogens (tertiary/aromatic N) is 2. The lowest BCUT2D eigenvalue weighted by Crippen LogP contribution is -2.29. The highest BCUT2D eigenvalue weighted by Gasteiger charge is 2.40. The van der Waals surface area contributed by atoms with E-state index in [9.17, 15) is 9.90 Å². The van der Waals surface area contributed by atoms with Gasteiger partial charge in [0.05, 0.1) is 16.9 Å². The number of hydrogen-bond acceptors (Lipinski definition) is 4. The van der Waals surface area contributed by atoms with Gasteiger partial charge < -0.3 is 10.8 Å². The van der Waals surface area contributed by atoms with E-state index in [2.05, 4.69) is 4.98 Å². The molecule has 2 aromatic rings. The number of hydrogen-bond donors (Lipinski definition) is 2. The smallest absolute Gasteiger partial charge is 0.261 e. The fraction of sp³-hybridized carbons (Fsp3) is 0.467. The van der Waals surface area contributed by atoms with Gasteiger partial charge in [0.25, 0.3) is 5.56 Å². The minimum absolute atomic E-state index is 0.0324. The summed E-state index contributed by atoms with van der Waals surface area (Å²) in [6, 6.07) is 5.37. The van der Waals surface area contributed by atoms with Crippen molar-refractivity contribution in [1.82, 2.24) is 9.55 Å². The molecular formula is C15H19N3O2. The maximum Gasteiger partial charge on any atom is 0.261 e. The molecule has 3 rings (SSSR count). The Kier molecular flexibility index (Phi) is 3.11. The van der Waals surface area contributed by atoms with Crippen molar-refractivity contribution >= 4 is 10.9 Å². The van der Waals surface area contributed by atoms with E-state index >= 15 is 0 Å². The number of benzene rings is 1. The lowest BCUT2D eigenvalue weighted by Gasteiger charge is -2.16. The Balaban J connectivity index is 2.31. The fourth-order valence-corrected chi connectivity index (χ4v) is 2.81. The molecule has 0 bridgehead atoms. The van der Waals surface area contributed by atoms with Crippen LogP contribution >= 0.6 is 0 Å². The molecule has 3 N–H and O–H groups in total. The van der Waals surface area contributed by atoms with Crippen molar-refractivity contribution in [3.8, 4) is 0 Å². The molecule has 0 saturated heterocycles. The van der Waals surface area contributed by atoms with Crippen molar-refractivity contribution in [3.63, 3.8) is 0 Å². The first kappa shape index (κ1) is 13.3. The van der Waals surface area contributed by atoms with Crippen LogP contribution in [0.25, 0.3) is 10.9 Å². The number of aromatic nitrogens is 2. The molecule has 20 heavy (non-hydrogen) atoms. The van der Waals surface area contributed by atoms with E-state index in [-0.39, 0.29) is 30.2 Å². The summed E-state index contributed by atoms with van der Waals surface area (Å²) < 4.78 is 1.70. The van der Waals surface area contributed by atoms with Gasteiger partial charge in [-0.25, -0.2) is 4.98 Å². The van der Waals surface area contributed by atoms with E-state index in [0.29, 0.717) is 16.7 Å². The van der Waals surface area contributed by atoms with E-state index in [1.54, 1.807) is 4.57 Å². The van der Waals surface area contributed by atoms with Crippen LogP contribution in [-0.4, -0.2) is 21.3 Å². The zero-order valence-corrected chi connectivity index (χ0v) is 11.7. The highest BCUT2D eigenvalue weighted by atomic mass is 16.3. The van der Waals surface area contributed by atoms with E-state index in [1.165, 1.54) is 0 Å². The molecule has 1 aromatic carbocycles. The van der Waals surface area contributed by atoms with Crippen LogP contribution < -0.4 is 11.3 Å². The molecular weight excluding hydrogens is 254 g/mol. The first-order valence-electron chi connectivity index (χ1n) is 6.92. The van der Waals surface area contributed by atoms with Crippen LogP contribution in [0, 0.1) is 12.8 Å². The molecule has 1 fully saturated rings. The molecule has 1 aliphatic rings. The zero-order valence-electron chi connectivity index (χ0n) is 11.7. The third kappa shape index (κ3) is 1.94. The fourth-order valence-electron chi connectivity index (χ4n) is 2.81. The molecule has 1 heterocycles. The number of aliphatic hydroxyl groups is 1. The van der Waals surface area contributed by atoms with Crippen LogP contribution in [0.2, 0.25) is 0 Å². The summed E-state index contributed by atoms with van der Waals surface area (Å²) in [5, 5.41) is 9.91. The number of aliphatic hydroxyl groups excluding tert-OH is 1. The van der Waals surface area contributed by atoms with Gasteiger partial charge in [0.15, 0.2) is 0 Å². The Morgan fingerprint density at radius 2 is 2.30 bits per heavy atom. The second-order valence-corrected chi connectivity index (χ2v) is 5.65. The van der Waals surface area contributed by atoms with Crippen LogP contribution in [0.15, 0.2) is 23.0 Å². The Labute approximate surface area is 117 Å². The quantitative estimate of drug-likeness (QED) is 0.882. The third-order valence-electron chi connectivity index (χ3n) is 4.02. The van der Waals surface area contributed by atoms with Crippen LogP contribution in [0.3, 0.4) is 0 Å².